The molecule has 3 aromatic rings. The van der Waals surface area contributed by atoms with Crippen LogP contribution in [-0.2, 0) is 6.54 Å². The standard InChI is InChI=1S/C19H18Cl2N4O2S/c1-26-16-8-7-13(9-17(16)27-2)22-19(28)23-18-15(21)11-25(24-18)10-12-5-3-4-6-14(12)20/h3-9,11H,10H2,1-2H3,(H2,22,23,24,28). The smallest absolute Gasteiger partial charge is 0.176 e. The number of rotatable bonds is 6. The average molecular weight is 437 g/mol. The molecule has 0 aliphatic rings. The number of nitrogens with one attached hydrogen (secondary N) is 2. The molecule has 0 unspecified atom stereocenters. The number of anilines is 2. The third kappa shape index (κ3) is 4.86. The van der Waals surface area contributed by atoms with Crippen molar-refractivity contribution in [1.82, 2.24) is 9.78 Å². The highest BCUT2D eigenvalue weighted by Gasteiger charge is 2.11. The lowest BCUT2D eigenvalue weighted by molar-refractivity contribution is 0.355. The molecule has 0 atom stereocenters. The highest BCUT2D eigenvalue weighted by Crippen LogP contribution is 2.30. The molecule has 2 aromatic carbocycles. The van der Waals surface area contributed by atoms with Crippen LogP contribution in [0.3, 0.4) is 0 Å². The molecular weight excluding hydrogens is 419 g/mol. The Labute approximate surface area is 178 Å². The predicted octanol–water partition coefficient (Wildman–Crippen LogP) is 5.06. The highest BCUT2D eigenvalue weighted by molar-refractivity contribution is 7.80. The number of thiocarbonyl (C=S) groups is 1. The topological polar surface area (TPSA) is 60.3 Å². The Hall–Kier alpha value is -2.48. The summed E-state index contributed by atoms with van der Waals surface area (Å²) in [6.45, 7) is 0.497. The Morgan fingerprint density at radius 2 is 1.79 bits per heavy atom. The second kappa shape index (κ2) is 9.14. The van der Waals surface area contributed by atoms with Crippen LogP contribution in [0.1, 0.15) is 5.56 Å². The third-order valence-corrected chi connectivity index (χ3v) is 4.73. The maximum Gasteiger partial charge on any atom is 0.176 e. The molecule has 0 bridgehead atoms. The Morgan fingerprint density at radius 3 is 2.50 bits per heavy atom. The van der Waals surface area contributed by atoms with E-state index in [9.17, 15) is 0 Å². The second-order valence-electron chi connectivity index (χ2n) is 5.76. The van der Waals surface area contributed by atoms with Crippen molar-refractivity contribution in [3.8, 4) is 11.5 Å². The van der Waals surface area contributed by atoms with E-state index < -0.39 is 0 Å². The van der Waals surface area contributed by atoms with Crippen LogP contribution in [0.2, 0.25) is 10.0 Å². The van der Waals surface area contributed by atoms with E-state index >= 15 is 0 Å². The lowest BCUT2D eigenvalue weighted by atomic mass is 10.2. The molecular formula is C19H18Cl2N4O2S. The molecule has 0 radical (unpaired) electrons. The lowest BCUT2D eigenvalue weighted by Gasteiger charge is -2.12. The van der Waals surface area contributed by atoms with Gasteiger partial charge in [-0.2, -0.15) is 5.10 Å². The molecule has 0 aliphatic carbocycles. The van der Waals surface area contributed by atoms with Gasteiger partial charge in [-0.3, -0.25) is 4.68 Å². The minimum Gasteiger partial charge on any atom is -0.493 e. The van der Waals surface area contributed by atoms with Crippen LogP contribution in [0, 0.1) is 0 Å². The quantitative estimate of drug-likeness (QED) is 0.526. The van der Waals surface area contributed by atoms with Crippen molar-refractivity contribution in [1.29, 1.82) is 0 Å². The van der Waals surface area contributed by atoms with Crippen LogP contribution in [0.5, 0.6) is 11.5 Å². The van der Waals surface area contributed by atoms with E-state index in [0.717, 1.165) is 11.3 Å². The van der Waals surface area contributed by atoms with Crippen LogP contribution in [0.15, 0.2) is 48.7 Å². The largest absolute Gasteiger partial charge is 0.493 e. The Balaban J connectivity index is 1.68. The number of hydrogen-bond donors (Lipinski definition) is 2. The molecule has 0 spiro atoms. The normalized spacial score (nSPS) is 10.4. The van der Waals surface area contributed by atoms with Gasteiger partial charge >= 0.3 is 0 Å². The molecule has 0 aliphatic heterocycles. The van der Waals surface area contributed by atoms with Crippen molar-refractivity contribution in [2.24, 2.45) is 0 Å². The van der Waals surface area contributed by atoms with Crippen LogP contribution < -0.4 is 20.1 Å². The summed E-state index contributed by atoms with van der Waals surface area (Å²) in [6, 6.07) is 13.0. The fraction of sp³-hybridized carbons (Fsp3) is 0.158. The minimum absolute atomic E-state index is 0.345. The van der Waals surface area contributed by atoms with Gasteiger partial charge in [0.15, 0.2) is 22.4 Å². The molecule has 0 saturated carbocycles. The summed E-state index contributed by atoms with van der Waals surface area (Å²) in [4.78, 5) is 0. The first-order chi connectivity index (χ1) is 13.5. The van der Waals surface area contributed by atoms with Crippen molar-refractivity contribution in [3.05, 3.63) is 64.3 Å². The van der Waals surface area contributed by atoms with Crippen molar-refractivity contribution < 1.29 is 9.47 Å². The Kier molecular flexibility index (Phi) is 6.61. The number of ether oxygens (including phenoxy) is 2. The second-order valence-corrected chi connectivity index (χ2v) is 6.99. The fourth-order valence-corrected chi connectivity index (χ4v) is 3.16. The summed E-state index contributed by atoms with van der Waals surface area (Å²) in [5.41, 5.74) is 1.68. The van der Waals surface area contributed by atoms with Gasteiger partial charge < -0.3 is 20.1 Å². The predicted molar refractivity (Wildman–Crippen MR) is 117 cm³/mol. The Morgan fingerprint density at radius 1 is 1.04 bits per heavy atom. The van der Waals surface area contributed by atoms with Crippen molar-refractivity contribution in [3.63, 3.8) is 0 Å². The van der Waals surface area contributed by atoms with Gasteiger partial charge in [0.1, 0.15) is 5.02 Å². The number of hydrogen-bond acceptors (Lipinski definition) is 4. The van der Waals surface area contributed by atoms with E-state index in [1.807, 2.05) is 30.3 Å². The van der Waals surface area contributed by atoms with E-state index in [1.54, 1.807) is 37.2 Å². The van der Waals surface area contributed by atoms with Crippen LogP contribution >= 0.6 is 35.4 Å². The van der Waals surface area contributed by atoms with Crippen molar-refractivity contribution in [2.75, 3.05) is 24.9 Å². The summed E-state index contributed by atoms with van der Waals surface area (Å²) < 4.78 is 12.2. The fourth-order valence-electron chi connectivity index (χ4n) is 2.55. The number of nitrogens with zero attached hydrogens (tertiary/aromatic N) is 2. The van der Waals surface area contributed by atoms with Gasteiger partial charge in [-0.1, -0.05) is 41.4 Å². The summed E-state index contributed by atoms with van der Waals surface area (Å²) >= 11 is 17.8. The highest BCUT2D eigenvalue weighted by atomic mass is 35.5. The lowest BCUT2D eigenvalue weighted by Crippen LogP contribution is -2.19. The molecule has 0 fully saturated rings. The molecule has 2 N–H and O–H groups in total. The molecule has 3 rings (SSSR count). The van der Waals surface area contributed by atoms with Gasteiger partial charge in [-0.25, -0.2) is 0 Å². The zero-order valence-corrected chi connectivity index (χ0v) is 17.5. The number of halogens is 2. The SMILES string of the molecule is COc1ccc(NC(=S)Nc2nn(Cc3ccccc3Cl)cc2Cl)cc1OC. The van der Waals surface area contributed by atoms with Crippen LogP contribution in [0.25, 0.3) is 0 Å². The van der Waals surface area contributed by atoms with E-state index in [1.165, 1.54) is 0 Å². The zero-order chi connectivity index (χ0) is 20.1. The van der Waals surface area contributed by atoms with Gasteiger partial charge in [-0.05, 0) is 36.0 Å². The summed E-state index contributed by atoms with van der Waals surface area (Å²) in [6.07, 6.45) is 1.71. The number of methoxy groups -OCH3 is 2. The van der Waals surface area contributed by atoms with Crippen LogP contribution in [-0.4, -0.2) is 29.1 Å². The molecule has 0 amide bonds. The van der Waals surface area contributed by atoms with Gasteiger partial charge in [-0.15, -0.1) is 0 Å². The van der Waals surface area contributed by atoms with Gasteiger partial charge in [0.2, 0.25) is 0 Å². The summed E-state index contributed by atoms with van der Waals surface area (Å²) in [7, 11) is 3.15. The first-order valence-corrected chi connectivity index (χ1v) is 9.43. The minimum atomic E-state index is 0.345. The van der Waals surface area contributed by atoms with E-state index in [4.69, 9.17) is 44.9 Å². The molecule has 1 aromatic heterocycles. The summed E-state index contributed by atoms with van der Waals surface area (Å²) in [5.74, 6) is 1.68. The van der Waals surface area contributed by atoms with Crippen LogP contribution in [0.4, 0.5) is 11.5 Å². The monoisotopic (exact) mass is 436 g/mol. The maximum atomic E-state index is 6.28. The molecule has 0 saturated heterocycles. The molecule has 9 heteroatoms. The zero-order valence-electron chi connectivity index (χ0n) is 15.2. The van der Waals surface area contributed by atoms with Gasteiger partial charge in [0, 0.05) is 23.0 Å². The van der Waals surface area contributed by atoms with Gasteiger partial charge in [0.05, 0.1) is 20.8 Å². The first kappa shape index (κ1) is 20.3. The van der Waals surface area contributed by atoms with E-state index in [0.29, 0.717) is 39.0 Å². The number of aromatic nitrogens is 2. The summed E-state index contributed by atoms with van der Waals surface area (Å²) in [5, 5.41) is 12.0. The van der Waals surface area contributed by atoms with E-state index in [2.05, 4.69) is 15.7 Å². The van der Waals surface area contributed by atoms with Gasteiger partial charge in [0.25, 0.3) is 0 Å². The van der Waals surface area contributed by atoms with E-state index in [-0.39, 0.29) is 0 Å². The third-order valence-electron chi connectivity index (χ3n) is 3.88. The van der Waals surface area contributed by atoms with Crippen molar-refractivity contribution >= 4 is 52.0 Å². The molecule has 146 valence electrons. The maximum absolute atomic E-state index is 6.28. The molecule has 6 nitrogen and oxygen atoms in total. The van der Waals surface area contributed by atoms with Crippen molar-refractivity contribution in [2.45, 2.75) is 6.54 Å². The first-order valence-electron chi connectivity index (χ1n) is 8.26. The molecule has 1 heterocycles. The average Bonchev–Trinajstić information content (AvgIpc) is 3.02. The number of benzene rings is 2. The molecule has 28 heavy (non-hydrogen) atoms. The Bertz CT molecular complexity index is 994.